The first-order chi connectivity index (χ1) is 10.5. The lowest BCUT2D eigenvalue weighted by Gasteiger charge is -2.16. The summed E-state index contributed by atoms with van der Waals surface area (Å²) in [5.74, 6) is 0.941. The molecule has 22 heavy (non-hydrogen) atoms. The van der Waals surface area contributed by atoms with Crippen molar-refractivity contribution >= 4 is 5.57 Å². The Morgan fingerprint density at radius 2 is 2.05 bits per heavy atom. The Bertz CT molecular complexity index is 582. The zero-order valence-electron chi connectivity index (χ0n) is 14.0. The van der Waals surface area contributed by atoms with Gasteiger partial charge < -0.3 is 14.6 Å². The van der Waals surface area contributed by atoms with Gasteiger partial charge in [-0.15, -0.1) is 0 Å². The van der Waals surface area contributed by atoms with Crippen molar-refractivity contribution in [2.45, 2.75) is 46.8 Å². The van der Waals surface area contributed by atoms with Gasteiger partial charge in [0.25, 0.3) is 0 Å². The van der Waals surface area contributed by atoms with E-state index in [0.29, 0.717) is 19.8 Å². The van der Waals surface area contributed by atoms with Gasteiger partial charge in [0.05, 0.1) is 19.3 Å². The highest BCUT2D eigenvalue weighted by Gasteiger charge is 2.15. The second-order valence-electron chi connectivity index (χ2n) is 5.73. The normalized spacial score (nSPS) is 16.9. The molecule has 2 rings (SSSR count). The molecule has 0 saturated carbocycles. The molecule has 0 fully saturated rings. The van der Waals surface area contributed by atoms with Gasteiger partial charge in [-0.3, -0.25) is 0 Å². The van der Waals surface area contributed by atoms with E-state index >= 15 is 0 Å². The molecule has 0 bridgehead atoms. The average Bonchev–Trinajstić information content (AvgIpc) is 2.65. The molecule has 1 atom stereocenters. The zero-order chi connectivity index (χ0) is 16.1. The van der Waals surface area contributed by atoms with Crippen LogP contribution in [0.5, 0.6) is 0 Å². The first kappa shape index (κ1) is 16.8. The van der Waals surface area contributed by atoms with Gasteiger partial charge in [-0.1, -0.05) is 12.1 Å². The van der Waals surface area contributed by atoms with Crippen molar-refractivity contribution in [1.29, 1.82) is 0 Å². The second-order valence-corrected chi connectivity index (χ2v) is 5.73. The molecule has 1 unspecified atom stereocenters. The lowest BCUT2D eigenvalue weighted by Crippen LogP contribution is -2.01. The molecule has 0 spiro atoms. The quantitative estimate of drug-likeness (QED) is 0.877. The molecule has 0 amide bonds. The van der Waals surface area contributed by atoms with E-state index in [-0.39, 0.29) is 0 Å². The van der Waals surface area contributed by atoms with Gasteiger partial charge in [-0.2, -0.15) is 0 Å². The van der Waals surface area contributed by atoms with Gasteiger partial charge >= 0.3 is 0 Å². The van der Waals surface area contributed by atoms with Crippen molar-refractivity contribution in [2.24, 2.45) is 0 Å². The number of hydrogen-bond donors (Lipinski definition) is 1. The fraction of sp³-hybridized carbons (Fsp3) is 0.474. The van der Waals surface area contributed by atoms with Crippen LogP contribution in [0.3, 0.4) is 0 Å². The number of ether oxygens (including phenoxy) is 2. The van der Waals surface area contributed by atoms with Crippen molar-refractivity contribution in [1.82, 2.24) is 0 Å². The molecule has 1 aromatic rings. The van der Waals surface area contributed by atoms with E-state index in [2.05, 4.69) is 19.1 Å². The molecule has 0 saturated heterocycles. The molecular formula is C19H26O3. The third-order valence-electron chi connectivity index (χ3n) is 3.89. The number of aliphatic hydroxyl groups excluding tert-OH is 1. The predicted octanol–water partition coefficient (Wildman–Crippen LogP) is 4.37. The number of rotatable bonds is 5. The van der Waals surface area contributed by atoms with E-state index < -0.39 is 6.10 Å². The molecule has 120 valence electrons. The van der Waals surface area contributed by atoms with E-state index in [1.807, 2.05) is 26.0 Å². The topological polar surface area (TPSA) is 38.7 Å². The smallest absolute Gasteiger partial charge is 0.101 e. The first-order valence-corrected chi connectivity index (χ1v) is 7.93. The van der Waals surface area contributed by atoms with Crippen LogP contribution in [-0.4, -0.2) is 18.3 Å². The summed E-state index contributed by atoms with van der Waals surface area (Å²) in [7, 11) is 0. The van der Waals surface area contributed by atoms with E-state index in [4.69, 9.17) is 9.47 Å². The summed E-state index contributed by atoms with van der Waals surface area (Å²) in [5, 5.41) is 9.98. The fourth-order valence-corrected chi connectivity index (χ4v) is 2.78. The third-order valence-corrected chi connectivity index (χ3v) is 3.89. The SMILES string of the molecule is CCOCc1cc(C2=C(C)OCCC=C2C)cc(C(C)O)c1. The molecule has 0 aromatic heterocycles. The summed E-state index contributed by atoms with van der Waals surface area (Å²) in [4.78, 5) is 0. The lowest BCUT2D eigenvalue weighted by atomic mass is 9.93. The Labute approximate surface area is 133 Å². The molecule has 1 aliphatic heterocycles. The van der Waals surface area contributed by atoms with Crippen LogP contribution in [0.15, 0.2) is 35.6 Å². The summed E-state index contributed by atoms with van der Waals surface area (Å²) in [6.07, 6.45) is 2.63. The van der Waals surface area contributed by atoms with Crippen LogP contribution in [0.25, 0.3) is 5.57 Å². The van der Waals surface area contributed by atoms with Crippen LogP contribution in [0.1, 0.15) is 56.9 Å². The second kappa shape index (κ2) is 7.61. The highest BCUT2D eigenvalue weighted by atomic mass is 16.5. The minimum atomic E-state index is -0.503. The van der Waals surface area contributed by atoms with Crippen LogP contribution < -0.4 is 0 Å². The Balaban J connectivity index is 2.50. The van der Waals surface area contributed by atoms with Gasteiger partial charge in [-0.05, 0) is 68.5 Å². The van der Waals surface area contributed by atoms with Crippen LogP contribution >= 0.6 is 0 Å². The molecule has 3 nitrogen and oxygen atoms in total. The first-order valence-electron chi connectivity index (χ1n) is 7.93. The van der Waals surface area contributed by atoms with Gasteiger partial charge in [0, 0.05) is 12.2 Å². The van der Waals surface area contributed by atoms with E-state index in [0.717, 1.165) is 34.4 Å². The van der Waals surface area contributed by atoms with Crippen molar-refractivity contribution in [3.05, 3.63) is 52.3 Å². The molecule has 1 heterocycles. The van der Waals surface area contributed by atoms with Crippen molar-refractivity contribution in [2.75, 3.05) is 13.2 Å². The molecule has 0 radical (unpaired) electrons. The number of aliphatic hydroxyl groups is 1. The van der Waals surface area contributed by atoms with Crippen LogP contribution in [0.4, 0.5) is 0 Å². The number of benzene rings is 1. The van der Waals surface area contributed by atoms with Crippen LogP contribution in [-0.2, 0) is 16.1 Å². The van der Waals surface area contributed by atoms with E-state index in [9.17, 15) is 5.11 Å². The third kappa shape index (κ3) is 3.99. The van der Waals surface area contributed by atoms with Gasteiger partial charge in [0.15, 0.2) is 0 Å². The predicted molar refractivity (Wildman–Crippen MR) is 89.3 cm³/mol. The standard InChI is InChI=1S/C19H26O3/c1-5-21-12-16-9-17(14(3)20)11-18(10-16)19-13(2)7-6-8-22-15(19)4/h7,9-11,14,20H,5-6,8,12H2,1-4H3. The highest BCUT2D eigenvalue weighted by molar-refractivity contribution is 5.80. The van der Waals surface area contributed by atoms with Crippen molar-refractivity contribution in [3.63, 3.8) is 0 Å². The summed E-state index contributed by atoms with van der Waals surface area (Å²) in [5.41, 5.74) is 5.41. The summed E-state index contributed by atoms with van der Waals surface area (Å²) >= 11 is 0. The van der Waals surface area contributed by atoms with E-state index in [1.165, 1.54) is 5.57 Å². The Kier molecular flexibility index (Phi) is 5.81. The Morgan fingerprint density at radius 3 is 2.73 bits per heavy atom. The number of hydrogen-bond acceptors (Lipinski definition) is 3. The monoisotopic (exact) mass is 302 g/mol. The number of allylic oxidation sites excluding steroid dienone is 3. The average molecular weight is 302 g/mol. The summed E-state index contributed by atoms with van der Waals surface area (Å²) < 4.78 is 11.3. The lowest BCUT2D eigenvalue weighted by molar-refractivity contribution is 0.133. The molecule has 3 heteroatoms. The van der Waals surface area contributed by atoms with Crippen LogP contribution in [0, 0.1) is 0 Å². The molecule has 1 aromatic carbocycles. The van der Waals surface area contributed by atoms with Gasteiger partial charge in [-0.25, -0.2) is 0 Å². The minimum Gasteiger partial charge on any atom is -0.497 e. The van der Waals surface area contributed by atoms with Crippen molar-refractivity contribution < 1.29 is 14.6 Å². The minimum absolute atomic E-state index is 0.503. The van der Waals surface area contributed by atoms with E-state index in [1.54, 1.807) is 6.92 Å². The highest BCUT2D eigenvalue weighted by Crippen LogP contribution is 2.32. The largest absolute Gasteiger partial charge is 0.497 e. The molecule has 1 aliphatic rings. The molecule has 1 N–H and O–H groups in total. The maximum atomic E-state index is 9.98. The fourth-order valence-electron chi connectivity index (χ4n) is 2.78. The van der Waals surface area contributed by atoms with Gasteiger partial charge in [0.1, 0.15) is 5.76 Å². The molecular weight excluding hydrogens is 276 g/mol. The van der Waals surface area contributed by atoms with Crippen LogP contribution in [0.2, 0.25) is 0 Å². The van der Waals surface area contributed by atoms with Crippen molar-refractivity contribution in [3.8, 4) is 0 Å². The molecule has 0 aliphatic carbocycles. The maximum Gasteiger partial charge on any atom is 0.101 e. The Morgan fingerprint density at radius 1 is 1.27 bits per heavy atom. The Hall–Kier alpha value is -1.58. The summed E-state index contributed by atoms with van der Waals surface area (Å²) in [6.45, 7) is 9.85. The zero-order valence-corrected chi connectivity index (χ0v) is 14.0. The maximum absolute atomic E-state index is 9.98. The summed E-state index contributed by atoms with van der Waals surface area (Å²) in [6, 6.07) is 6.19. The van der Waals surface area contributed by atoms with Gasteiger partial charge in [0.2, 0.25) is 0 Å².